The second-order valence-electron chi connectivity index (χ2n) is 6.94. The number of allylic oxidation sites excluding steroid dienone is 1. The molecule has 0 saturated heterocycles. The van der Waals surface area contributed by atoms with Crippen molar-refractivity contribution in [3.05, 3.63) is 77.6 Å². The molecule has 6 nitrogen and oxygen atoms in total. The summed E-state index contributed by atoms with van der Waals surface area (Å²) in [5.74, 6) is 1.66. The second kappa shape index (κ2) is 10.1. The summed E-state index contributed by atoms with van der Waals surface area (Å²) in [5.41, 5.74) is 4.11. The van der Waals surface area contributed by atoms with E-state index in [1.54, 1.807) is 6.08 Å². The minimum Gasteiger partial charge on any atom is -0.485 e. The number of nitrogens with zero attached hydrogens (tertiary/aromatic N) is 3. The molecule has 156 valence electrons. The third-order valence-corrected chi connectivity index (χ3v) is 5.73. The van der Waals surface area contributed by atoms with Gasteiger partial charge in [-0.05, 0) is 49.6 Å². The molecule has 1 heterocycles. The predicted octanol–water partition coefficient (Wildman–Crippen LogP) is 4.70. The van der Waals surface area contributed by atoms with Gasteiger partial charge in [-0.3, -0.25) is 9.36 Å². The molecule has 1 amide bonds. The van der Waals surface area contributed by atoms with Gasteiger partial charge in [-0.25, -0.2) is 0 Å². The van der Waals surface area contributed by atoms with Crippen molar-refractivity contribution in [3.8, 4) is 5.75 Å². The van der Waals surface area contributed by atoms with E-state index in [-0.39, 0.29) is 11.7 Å². The Hall–Kier alpha value is -3.06. The summed E-state index contributed by atoms with van der Waals surface area (Å²) in [5, 5.41) is 12.1. The normalized spacial score (nSPS) is 10.6. The van der Waals surface area contributed by atoms with E-state index in [1.165, 1.54) is 11.8 Å². The summed E-state index contributed by atoms with van der Waals surface area (Å²) in [7, 11) is 0. The first-order valence-corrected chi connectivity index (χ1v) is 10.7. The molecule has 1 aromatic heterocycles. The molecular weight excluding hydrogens is 396 g/mol. The standard InChI is InChI=1S/C23H26N4O2S/c1-5-13-27-21(14-29-20-12-7-6-9-17(20)3)25-26-23(27)30-15-22(28)24-19-11-8-10-16(2)18(19)4/h5-12H,1,13-15H2,2-4H3,(H,24,28). The van der Waals surface area contributed by atoms with Gasteiger partial charge in [-0.2, -0.15) is 0 Å². The van der Waals surface area contributed by atoms with E-state index in [4.69, 9.17) is 4.74 Å². The maximum atomic E-state index is 12.4. The summed E-state index contributed by atoms with van der Waals surface area (Å²) in [4.78, 5) is 12.4. The van der Waals surface area contributed by atoms with Crippen molar-refractivity contribution in [2.24, 2.45) is 0 Å². The number of aromatic nitrogens is 3. The highest BCUT2D eigenvalue weighted by Crippen LogP contribution is 2.22. The predicted molar refractivity (Wildman–Crippen MR) is 121 cm³/mol. The molecule has 1 N–H and O–H groups in total. The van der Waals surface area contributed by atoms with Crippen molar-refractivity contribution < 1.29 is 9.53 Å². The Labute approximate surface area is 181 Å². The fourth-order valence-corrected chi connectivity index (χ4v) is 3.68. The van der Waals surface area contributed by atoms with Crippen LogP contribution in [0.3, 0.4) is 0 Å². The molecule has 0 saturated carbocycles. The van der Waals surface area contributed by atoms with Gasteiger partial charge in [0.15, 0.2) is 11.0 Å². The molecule has 2 aromatic carbocycles. The summed E-state index contributed by atoms with van der Waals surface area (Å²) in [6.07, 6.45) is 1.78. The Morgan fingerprint density at radius 1 is 1.13 bits per heavy atom. The van der Waals surface area contributed by atoms with Crippen LogP contribution in [-0.2, 0) is 17.9 Å². The van der Waals surface area contributed by atoms with Crippen molar-refractivity contribution in [1.82, 2.24) is 14.8 Å². The number of para-hydroxylation sites is 1. The van der Waals surface area contributed by atoms with Crippen LogP contribution in [0.1, 0.15) is 22.5 Å². The smallest absolute Gasteiger partial charge is 0.234 e. The minimum atomic E-state index is -0.0837. The van der Waals surface area contributed by atoms with Crippen LogP contribution in [0.15, 0.2) is 60.3 Å². The lowest BCUT2D eigenvalue weighted by Crippen LogP contribution is -2.16. The minimum absolute atomic E-state index is 0.0837. The summed E-state index contributed by atoms with van der Waals surface area (Å²) >= 11 is 1.34. The van der Waals surface area contributed by atoms with E-state index >= 15 is 0 Å². The van der Waals surface area contributed by atoms with Crippen LogP contribution in [0, 0.1) is 20.8 Å². The van der Waals surface area contributed by atoms with Crippen LogP contribution in [0.2, 0.25) is 0 Å². The molecule has 0 fully saturated rings. The molecule has 0 aliphatic heterocycles. The van der Waals surface area contributed by atoms with E-state index in [1.807, 2.05) is 67.8 Å². The molecule has 0 bridgehead atoms. The van der Waals surface area contributed by atoms with Crippen molar-refractivity contribution in [1.29, 1.82) is 0 Å². The van der Waals surface area contributed by atoms with E-state index in [2.05, 4.69) is 22.1 Å². The molecule has 3 rings (SSSR count). The van der Waals surface area contributed by atoms with Crippen molar-refractivity contribution in [2.75, 3.05) is 11.1 Å². The number of aryl methyl sites for hydroxylation is 2. The highest BCUT2D eigenvalue weighted by molar-refractivity contribution is 7.99. The molecule has 30 heavy (non-hydrogen) atoms. The van der Waals surface area contributed by atoms with Crippen LogP contribution in [0.25, 0.3) is 0 Å². The van der Waals surface area contributed by atoms with Gasteiger partial charge in [0.2, 0.25) is 5.91 Å². The quantitative estimate of drug-likeness (QED) is 0.400. The first-order valence-electron chi connectivity index (χ1n) is 9.70. The van der Waals surface area contributed by atoms with Gasteiger partial charge < -0.3 is 10.1 Å². The zero-order valence-corrected chi connectivity index (χ0v) is 18.3. The van der Waals surface area contributed by atoms with Gasteiger partial charge in [0.25, 0.3) is 0 Å². The van der Waals surface area contributed by atoms with Crippen molar-refractivity contribution in [2.45, 2.75) is 39.1 Å². The van der Waals surface area contributed by atoms with E-state index in [0.29, 0.717) is 24.1 Å². The van der Waals surface area contributed by atoms with Crippen molar-refractivity contribution in [3.63, 3.8) is 0 Å². The molecule has 0 spiro atoms. The maximum absolute atomic E-state index is 12.4. The molecule has 0 unspecified atom stereocenters. The Morgan fingerprint density at radius 2 is 1.90 bits per heavy atom. The fraction of sp³-hybridized carbons (Fsp3) is 0.261. The molecule has 0 atom stereocenters. The first-order chi connectivity index (χ1) is 14.5. The number of carbonyl (C=O) groups excluding carboxylic acids is 1. The largest absolute Gasteiger partial charge is 0.485 e. The third kappa shape index (κ3) is 5.30. The van der Waals surface area contributed by atoms with E-state index < -0.39 is 0 Å². The average molecular weight is 423 g/mol. The number of hydrogen-bond acceptors (Lipinski definition) is 5. The number of thioether (sulfide) groups is 1. The molecular formula is C23H26N4O2S. The monoisotopic (exact) mass is 422 g/mol. The zero-order chi connectivity index (χ0) is 21.5. The lowest BCUT2D eigenvalue weighted by atomic mass is 10.1. The van der Waals surface area contributed by atoms with Crippen LogP contribution < -0.4 is 10.1 Å². The summed E-state index contributed by atoms with van der Waals surface area (Å²) in [6, 6.07) is 13.7. The first kappa shape index (κ1) is 21.6. The van der Waals surface area contributed by atoms with Gasteiger partial charge in [0.1, 0.15) is 12.4 Å². The van der Waals surface area contributed by atoms with Gasteiger partial charge in [0, 0.05) is 12.2 Å². The number of nitrogens with one attached hydrogen (secondary N) is 1. The van der Waals surface area contributed by atoms with Crippen LogP contribution in [0.5, 0.6) is 5.75 Å². The van der Waals surface area contributed by atoms with Gasteiger partial charge >= 0.3 is 0 Å². The molecule has 0 aliphatic carbocycles. The van der Waals surface area contributed by atoms with Crippen LogP contribution >= 0.6 is 11.8 Å². The Balaban J connectivity index is 1.64. The van der Waals surface area contributed by atoms with E-state index in [9.17, 15) is 4.79 Å². The van der Waals surface area contributed by atoms with Crippen molar-refractivity contribution >= 4 is 23.4 Å². The third-order valence-electron chi connectivity index (χ3n) is 4.77. The highest BCUT2D eigenvalue weighted by atomic mass is 32.2. The molecule has 0 aliphatic rings. The van der Waals surface area contributed by atoms with Crippen LogP contribution in [0.4, 0.5) is 5.69 Å². The lowest BCUT2D eigenvalue weighted by molar-refractivity contribution is -0.113. The second-order valence-corrected chi connectivity index (χ2v) is 7.88. The SMILES string of the molecule is C=CCn1c(COc2ccccc2C)nnc1SCC(=O)Nc1cccc(C)c1C. The summed E-state index contributed by atoms with van der Waals surface area (Å²) in [6.45, 7) is 10.7. The number of ether oxygens (including phenoxy) is 1. The molecule has 0 radical (unpaired) electrons. The number of hydrogen-bond donors (Lipinski definition) is 1. The Kier molecular flexibility index (Phi) is 7.30. The highest BCUT2D eigenvalue weighted by Gasteiger charge is 2.15. The zero-order valence-electron chi connectivity index (χ0n) is 17.5. The lowest BCUT2D eigenvalue weighted by Gasteiger charge is -2.11. The number of rotatable bonds is 9. The van der Waals surface area contributed by atoms with Gasteiger partial charge in [0.05, 0.1) is 5.75 Å². The number of anilines is 1. The van der Waals surface area contributed by atoms with Crippen LogP contribution in [-0.4, -0.2) is 26.4 Å². The Morgan fingerprint density at radius 3 is 2.67 bits per heavy atom. The maximum Gasteiger partial charge on any atom is 0.234 e. The van der Waals surface area contributed by atoms with Gasteiger partial charge in [-0.15, -0.1) is 16.8 Å². The van der Waals surface area contributed by atoms with E-state index in [0.717, 1.165) is 28.1 Å². The Bertz CT molecular complexity index is 1050. The molecule has 3 aromatic rings. The topological polar surface area (TPSA) is 69.0 Å². The fourth-order valence-electron chi connectivity index (χ4n) is 2.91. The number of amides is 1. The summed E-state index contributed by atoms with van der Waals surface area (Å²) < 4.78 is 7.82. The average Bonchev–Trinajstić information content (AvgIpc) is 3.11. The number of carbonyl (C=O) groups is 1. The number of benzene rings is 2. The molecule has 7 heteroatoms. The van der Waals surface area contributed by atoms with Gasteiger partial charge in [-0.1, -0.05) is 48.2 Å².